The summed E-state index contributed by atoms with van der Waals surface area (Å²) >= 11 is -28.1. The fourth-order valence-electron chi connectivity index (χ4n) is 0.592. The summed E-state index contributed by atoms with van der Waals surface area (Å²) in [6.07, 6.45) is 0. The first kappa shape index (κ1) is 45.1. The van der Waals surface area contributed by atoms with E-state index < -0.39 is 83.3 Å². The average molecular weight is 878 g/mol. The first-order valence-electron chi connectivity index (χ1n) is 6.39. The van der Waals surface area contributed by atoms with Crippen LogP contribution in [0.3, 0.4) is 0 Å². The van der Waals surface area contributed by atoms with Crippen molar-refractivity contribution in [1.29, 1.82) is 0 Å². The minimum absolute atomic E-state index is 0.0741. The Hall–Kier alpha value is 0.172. The van der Waals surface area contributed by atoms with Crippen LogP contribution in [0.2, 0.25) is 0 Å². The molecule has 0 saturated heterocycles. The van der Waals surface area contributed by atoms with Gasteiger partial charge in [-0.2, -0.15) is 8.42 Å². The van der Waals surface area contributed by atoms with Crippen LogP contribution in [-0.4, -0.2) is 127 Å². The number of hydrogen-bond donors (Lipinski definition) is 11. The van der Waals surface area contributed by atoms with Gasteiger partial charge in [-0.15, -0.1) is 0 Å². The summed E-state index contributed by atoms with van der Waals surface area (Å²) in [6.45, 7) is 0. The first-order chi connectivity index (χ1) is 14.6. The minimum atomic E-state index is -5.62. The van der Waals surface area contributed by atoms with Crippen LogP contribution in [0.15, 0.2) is 35.2 Å². The van der Waals surface area contributed by atoms with Crippen LogP contribution in [0.25, 0.3) is 0 Å². The van der Waals surface area contributed by atoms with Crippen molar-refractivity contribution in [3.63, 3.8) is 0 Å². The SMILES string of the molecule is O=S(=O)(O)c1ccccc1.O=[As](O)(O)F.O=[As](O)(O)F.O=[As](O)(O)F.O=[As](O)(O)F.O=[As](O)(O)F. The van der Waals surface area contributed by atoms with Crippen molar-refractivity contribution < 1.29 is 90.0 Å². The van der Waals surface area contributed by atoms with Crippen LogP contribution in [0.4, 0.5) is 17.3 Å². The maximum absolute atomic E-state index is 10.4. The van der Waals surface area contributed by atoms with E-state index in [0.29, 0.717) is 0 Å². The van der Waals surface area contributed by atoms with Gasteiger partial charge in [-0.1, -0.05) is 18.2 Å². The Balaban J connectivity index is -0.000000107. The van der Waals surface area contributed by atoms with Crippen molar-refractivity contribution in [2.45, 2.75) is 4.90 Å². The van der Waals surface area contributed by atoms with Crippen LogP contribution in [0.1, 0.15) is 0 Å². The molecular weight excluding hydrogens is 862 g/mol. The monoisotopic (exact) mass is 878 g/mol. The van der Waals surface area contributed by atoms with Crippen molar-refractivity contribution in [2.75, 3.05) is 0 Å². The molecule has 1 aromatic rings. The van der Waals surface area contributed by atoms with E-state index in [1.54, 1.807) is 18.2 Å². The summed E-state index contributed by atoms with van der Waals surface area (Å²) in [5.41, 5.74) is 0. The zero-order valence-electron chi connectivity index (χ0n) is 15.7. The topological polar surface area (TPSA) is 342 Å². The molecule has 35 heavy (non-hydrogen) atoms. The van der Waals surface area contributed by atoms with Crippen LogP contribution in [0, 0.1) is 0 Å². The molecular formula is C6H16As5F5O18S. The van der Waals surface area contributed by atoms with Crippen molar-refractivity contribution in [2.24, 2.45) is 0 Å². The molecule has 0 unspecified atom stereocenters. The molecule has 0 heterocycles. The Morgan fingerprint density at radius 2 is 0.629 bits per heavy atom. The first-order valence-corrected chi connectivity index (χ1v) is 23.6. The van der Waals surface area contributed by atoms with Gasteiger partial charge in [-0.25, -0.2) is 0 Å². The van der Waals surface area contributed by atoms with Gasteiger partial charge in [0.25, 0.3) is 10.1 Å². The van der Waals surface area contributed by atoms with Gasteiger partial charge in [0.05, 0.1) is 4.90 Å². The van der Waals surface area contributed by atoms with Crippen molar-refractivity contribution in [3.05, 3.63) is 30.3 Å². The van der Waals surface area contributed by atoms with Gasteiger partial charge in [0.2, 0.25) is 0 Å². The van der Waals surface area contributed by atoms with Gasteiger partial charge in [-0.3, -0.25) is 4.55 Å². The molecule has 0 saturated carbocycles. The summed E-state index contributed by atoms with van der Waals surface area (Å²) in [4.78, 5) is -0.0741. The van der Waals surface area contributed by atoms with Gasteiger partial charge in [0, 0.05) is 0 Å². The molecule has 0 atom stereocenters. The number of hydrogen-bond acceptors (Lipinski definition) is 7. The Labute approximate surface area is 207 Å². The predicted molar refractivity (Wildman–Crippen MR) is 96.2 cm³/mol. The van der Waals surface area contributed by atoms with Crippen molar-refractivity contribution in [1.82, 2.24) is 0 Å². The molecule has 0 aliphatic carbocycles. The van der Waals surface area contributed by atoms with E-state index in [2.05, 4.69) is 0 Å². The Morgan fingerprint density at radius 1 is 0.486 bits per heavy atom. The van der Waals surface area contributed by atoms with E-state index in [-0.39, 0.29) is 4.90 Å². The third kappa shape index (κ3) is 176. The molecule has 0 aromatic heterocycles. The van der Waals surface area contributed by atoms with Crippen LogP contribution >= 0.6 is 0 Å². The van der Waals surface area contributed by atoms with Gasteiger partial charge in [-0.05, 0) is 12.1 Å². The van der Waals surface area contributed by atoms with Gasteiger partial charge >= 0.3 is 150 Å². The Kier molecular flexibility index (Phi) is 24.8. The second-order valence-corrected chi connectivity index (χ2v) is 15.5. The van der Waals surface area contributed by atoms with E-state index >= 15 is 0 Å². The molecule has 0 aliphatic rings. The summed E-state index contributed by atoms with van der Waals surface area (Å²) < 4.78 is 195. The summed E-state index contributed by atoms with van der Waals surface area (Å²) in [6, 6.07) is 7.42. The summed E-state index contributed by atoms with van der Waals surface area (Å²) in [7, 11) is -4.00. The standard InChI is InChI=1S/C6H6O3S.5AsFH2O3/c7-10(8,9)6-4-2-1-3-5-6;5*2-1(3,4)5/h1-5H,(H,7,8,9);5*(H2,3,4,5). The summed E-state index contributed by atoms with van der Waals surface area (Å²) in [5, 5.41) is 0. The third-order valence-corrected chi connectivity index (χ3v) is 1.91. The molecule has 11 N–H and O–H groups in total. The van der Waals surface area contributed by atoms with Crippen LogP contribution in [0.5, 0.6) is 0 Å². The van der Waals surface area contributed by atoms with Gasteiger partial charge in [0.1, 0.15) is 0 Å². The van der Waals surface area contributed by atoms with E-state index in [1.807, 2.05) is 0 Å². The summed E-state index contributed by atoms with van der Waals surface area (Å²) in [5.74, 6) is 0. The molecule has 0 amide bonds. The zero-order chi connectivity index (χ0) is 30.1. The van der Waals surface area contributed by atoms with Gasteiger partial charge < -0.3 is 0 Å². The second kappa shape index (κ2) is 19.3. The quantitative estimate of drug-likeness (QED) is 0.0715. The predicted octanol–water partition coefficient (Wildman–Crippen LogP) is -5.03. The van der Waals surface area contributed by atoms with Gasteiger partial charge in [0.15, 0.2) is 0 Å². The normalized spacial score (nSPS) is 11.7. The number of halogens is 5. The van der Waals surface area contributed by atoms with Crippen LogP contribution in [-0.2, 0) is 28.8 Å². The van der Waals surface area contributed by atoms with Crippen LogP contribution < -0.4 is 0 Å². The fourth-order valence-corrected chi connectivity index (χ4v) is 1.09. The third-order valence-electron chi connectivity index (χ3n) is 1.04. The molecule has 0 radical (unpaired) electrons. The van der Waals surface area contributed by atoms with E-state index in [4.69, 9.17) is 64.2 Å². The molecule has 1 aromatic carbocycles. The van der Waals surface area contributed by atoms with Crippen molar-refractivity contribution >= 4 is 83.3 Å². The van der Waals surface area contributed by atoms with Crippen molar-refractivity contribution in [3.8, 4) is 0 Å². The molecule has 29 heteroatoms. The Morgan fingerprint density at radius 3 is 0.714 bits per heavy atom. The average Bonchev–Trinajstić information content (AvgIpc) is 2.38. The zero-order valence-corrected chi connectivity index (χ0v) is 25.9. The molecule has 0 fully saturated rings. The second-order valence-electron chi connectivity index (χ2n) is 4.15. The van der Waals surface area contributed by atoms with E-state index in [0.717, 1.165) is 0 Å². The maximum atomic E-state index is 10.4. The number of benzene rings is 1. The van der Waals surface area contributed by atoms with E-state index in [1.165, 1.54) is 12.1 Å². The van der Waals surface area contributed by atoms with E-state index in [9.17, 15) is 25.8 Å². The number of rotatable bonds is 1. The molecule has 1 rings (SSSR count). The molecule has 0 spiro atoms. The fraction of sp³-hybridized carbons (Fsp3) is 0. The molecule has 0 bridgehead atoms. The molecule has 18 nitrogen and oxygen atoms in total. The Bertz CT molecular complexity index is 864. The molecule has 0 aliphatic heterocycles. The molecule has 214 valence electrons.